The van der Waals surface area contributed by atoms with Gasteiger partial charge >= 0.3 is 0 Å². The Labute approximate surface area is 431 Å². The molecule has 15 rings (SSSR count). The molecular formula is C69H43N5O. The van der Waals surface area contributed by atoms with Crippen molar-refractivity contribution in [2.24, 2.45) is 0 Å². The second kappa shape index (κ2) is 17.3. The average molecular weight is 958 g/mol. The van der Waals surface area contributed by atoms with E-state index in [1.54, 1.807) is 0 Å². The molecule has 0 aliphatic carbocycles. The Kier molecular flexibility index (Phi) is 9.78. The van der Waals surface area contributed by atoms with E-state index in [9.17, 15) is 0 Å². The highest BCUT2D eigenvalue weighted by molar-refractivity contribution is 6.13. The third-order valence-corrected chi connectivity index (χ3v) is 14.8. The van der Waals surface area contributed by atoms with Crippen LogP contribution in [0.3, 0.4) is 0 Å². The molecule has 4 heterocycles. The fourth-order valence-electron chi connectivity index (χ4n) is 11.1. The van der Waals surface area contributed by atoms with Gasteiger partial charge in [0.2, 0.25) is 0 Å². The lowest BCUT2D eigenvalue weighted by Crippen LogP contribution is -2.00. The fourth-order valence-corrected chi connectivity index (χ4v) is 11.1. The Morgan fingerprint density at radius 2 is 0.547 bits per heavy atom. The lowest BCUT2D eigenvalue weighted by atomic mass is 9.98. The quantitative estimate of drug-likeness (QED) is 0.152. The van der Waals surface area contributed by atoms with Crippen molar-refractivity contribution in [1.82, 2.24) is 24.1 Å². The molecule has 0 fully saturated rings. The van der Waals surface area contributed by atoms with Crippen molar-refractivity contribution in [3.05, 3.63) is 261 Å². The van der Waals surface area contributed by atoms with Crippen molar-refractivity contribution in [3.63, 3.8) is 0 Å². The third kappa shape index (κ3) is 7.22. The number of benzene rings is 11. The summed E-state index contributed by atoms with van der Waals surface area (Å²) in [4.78, 5) is 14.7. The van der Waals surface area contributed by atoms with E-state index < -0.39 is 0 Å². The van der Waals surface area contributed by atoms with E-state index in [1.807, 2.05) is 60.7 Å². The predicted molar refractivity (Wildman–Crippen MR) is 308 cm³/mol. The van der Waals surface area contributed by atoms with Crippen molar-refractivity contribution in [1.29, 1.82) is 0 Å². The normalized spacial score (nSPS) is 11.7. The highest BCUT2D eigenvalue weighted by atomic mass is 16.3. The van der Waals surface area contributed by atoms with Crippen LogP contribution in [-0.2, 0) is 0 Å². The van der Waals surface area contributed by atoms with Gasteiger partial charge in [-0.15, -0.1) is 0 Å². The lowest BCUT2D eigenvalue weighted by Gasteiger charge is -2.11. The molecule has 350 valence electrons. The summed E-state index contributed by atoms with van der Waals surface area (Å²) in [7, 11) is 0. The van der Waals surface area contributed by atoms with Crippen LogP contribution in [0.4, 0.5) is 0 Å². The van der Waals surface area contributed by atoms with Crippen molar-refractivity contribution in [2.75, 3.05) is 0 Å². The van der Waals surface area contributed by atoms with Crippen LogP contribution in [0.15, 0.2) is 265 Å². The highest BCUT2D eigenvalue weighted by Crippen LogP contribution is 2.40. The molecule has 11 aromatic carbocycles. The van der Waals surface area contributed by atoms with Crippen molar-refractivity contribution >= 4 is 65.6 Å². The predicted octanol–water partition coefficient (Wildman–Crippen LogP) is 18.0. The topological polar surface area (TPSA) is 61.7 Å². The molecule has 0 spiro atoms. The minimum Gasteiger partial charge on any atom is -0.456 e. The smallest absolute Gasteiger partial charge is 0.164 e. The van der Waals surface area contributed by atoms with Gasteiger partial charge in [-0.1, -0.05) is 176 Å². The van der Waals surface area contributed by atoms with Crippen LogP contribution in [0.2, 0.25) is 0 Å². The van der Waals surface area contributed by atoms with Crippen LogP contribution in [0.25, 0.3) is 144 Å². The van der Waals surface area contributed by atoms with E-state index in [0.29, 0.717) is 17.5 Å². The van der Waals surface area contributed by atoms with E-state index in [1.165, 1.54) is 38.1 Å². The maximum Gasteiger partial charge on any atom is 0.164 e. The van der Waals surface area contributed by atoms with E-state index in [4.69, 9.17) is 19.4 Å². The highest BCUT2D eigenvalue weighted by Gasteiger charge is 2.18. The van der Waals surface area contributed by atoms with E-state index in [2.05, 4.69) is 209 Å². The summed E-state index contributed by atoms with van der Waals surface area (Å²) >= 11 is 0. The number of rotatable bonds is 8. The molecule has 15 aromatic rings. The summed E-state index contributed by atoms with van der Waals surface area (Å²) in [6, 6.07) is 92.4. The molecule has 0 radical (unpaired) electrons. The van der Waals surface area contributed by atoms with Gasteiger partial charge in [0.1, 0.15) is 11.2 Å². The van der Waals surface area contributed by atoms with E-state index in [0.717, 1.165) is 88.9 Å². The zero-order valence-corrected chi connectivity index (χ0v) is 40.5. The monoisotopic (exact) mass is 957 g/mol. The van der Waals surface area contributed by atoms with Crippen LogP contribution < -0.4 is 0 Å². The zero-order valence-electron chi connectivity index (χ0n) is 40.5. The number of hydrogen-bond donors (Lipinski definition) is 0. The molecule has 0 aliphatic heterocycles. The van der Waals surface area contributed by atoms with Gasteiger partial charge in [0, 0.05) is 60.4 Å². The van der Waals surface area contributed by atoms with Gasteiger partial charge in [0.05, 0.1) is 22.1 Å². The fraction of sp³-hybridized carbons (Fsp3) is 0. The molecule has 0 saturated carbocycles. The van der Waals surface area contributed by atoms with Crippen molar-refractivity contribution in [3.8, 4) is 78.9 Å². The van der Waals surface area contributed by atoms with E-state index in [-0.39, 0.29) is 0 Å². The molecule has 0 atom stereocenters. The first-order valence-electron chi connectivity index (χ1n) is 25.3. The second-order valence-corrected chi connectivity index (χ2v) is 19.2. The molecule has 0 N–H and O–H groups in total. The molecule has 6 nitrogen and oxygen atoms in total. The summed E-state index contributed by atoms with van der Waals surface area (Å²) < 4.78 is 11.2. The number of para-hydroxylation sites is 3. The van der Waals surface area contributed by atoms with Gasteiger partial charge < -0.3 is 13.6 Å². The largest absolute Gasteiger partial charge is 0.456 e. The molecule has 0 bridgehead atoms. The van der Waals surface area contributed by atoms with Gasteiger partial charge in [0.15, 0.2) is 17.5 Å². The van der Waals surface area contributed by atoms with Crippen LogP contribution >= 0.6 is 0 Å². The Hall–Kier alpha value is -10.2. The molecule has 6 heteroatoms. The zero-order chi connectivity index (χ0) is 49.4. The standard InChI is InChI=1S/C69H43N5O/c1-4-14-46(15-5-1)67-70-68(47-16-6-2-7-17-47)72-69(71-67)48-26-24-44(25-27-48)45-28-34-54(35-29-45)74-62-23-13-11-21-56(62)58-41-50(31-37-64(58)74)52-33-39-66-60(43-52)59-42-51(32-38-65(59)75-66)49-30-36-63-57(40-49)55-20-10-12-22-61(55)73(63)53-18-8-3-9-19-53/h1-43H. The summed E-state index contributed by atoms with van der Waals surface area (Å²) in [6.07, 6.45) is 0. The Morgan fingerprint density at radius 3 is 1.01 bits per heavy atom. The van der Waals surface area contributed by atoms with E-state index >= 15 is 0 Å². The molecular weight excluding hydrogens is 915 g/mol. The number of furan rings is 1. The molecule has 75 heavy (non-hydrogen) atoms. The average Bonchev–Trinajstić information content (AvgIpc) is 4.17. The minimum absolute atomic E-state index is 0.637. The molecule has 0 aliphatic rings. The van der Waals surface area contributed by atoms with Gasteiger partial charge in [-0.25, -0.2) is 15.0 Å². The number of fused-ring (bicyclic) bond motifs is 9. The van der Waals surface area contributed by atoms with Gasteiger partial charge in [-0.05, 0) is 118 Å². The summed E-state index contributed by atoms with van der Waals surface area (Å²) in [5, 5.41) is 7.09. The van der Waals surface area contributed by atoms with Crippen LogP contribution in [0, 0.1) is 0 Å². The van der Waals surface area contributed by atoms with Crippen LogP contribution in [-0.4, -0.2) is 24.1 Å². The second-order valence-electron chi connectivity index (χ2n) is 19.2. The third-order valence-electron chi connectivity index (χ3n) is 14.8. The first kappa shape index (κ1) is 42.5. The maximum atomic E-state index is 6.48. The summed E-state index contributed by atoms with van der Waals surface area (Å²) in [5.41, 5.74) is 18.4. The SMILES string of the molecule is c1ccc(-c2nc(-c3ccccc3)nc(-c3ccc(-c4ccc(-n5c6ccccc6c6cc(-c7ccc8oc9ccc(-c%10ccc%11c(c%10)c%10ccccc%10n%11-c%10ccccc%10)cc9c8c7)ccc65)cc4)cc3)n2)cc1. The number of nitrogens with zero attached hydrogens (tertiary/aromatic N) is 5. The Balaban J connectivity index is 0.747. The molecule has 0 unspecified atom stereocenters. The molecule has 0 saturated heterocycles. The summed E-state index contributed by atoms with van der Waals surface area (Å²) in [5.74, 6) is 1.93. The maximum absolute atomic E-state index is 6.48. The van der Waals surface area contributed by atoms with Gasteiger partial charge in [-0.2, -0.15) is 0 Å². The summed E-state index contributed by atoms with van der Waals surface area (Å²) in [6.45, 7) is 0. The van der Waals surface area contributed by atoms with Crippen LogP contribution in [0.1, 0.15) is 0 Å². The molecule has 4 aromatic heterocycles. The Morgan fingerprint density at radius 1 is 0.227 bits per heavy atom. The number of hydrogen-bond acceptors (Lipinski definition) is 4. The van der Waals surface area contributed by atoms with Crippen LogP contribution in [0.5, 0.6) is 0 Å². The number of aromatic nitrogens is 5. The lowest BCUT2D eigenvalue weighted by molar-refractivity contribution is 0.669. The first-order chi connectivity index (χ1) is 37.1. The minimum atomic E-state index is 0.637. The molecule has 0 amide bonds. The Bertz CT molecular complexity index is 4610. The van der Waals surface area contributed by atoms with Crippen molar-refractivity contribution < 1.29 is 4.42 Å². The van der Waals surface area contributed by atoms with Gasteiger partial charge in [-0.3, -0.25) is 0 Å². The van der Waals surface area contributed by atoms with Gasteiger partial charge in [0.25, 0.3) is 0 Å². The van der Waals surface area contributed by atoms with Crippen molar-refractivity contribution in [2.45, 2.75) is 0 Å². The first-order valence-corrected chi connectivity index (χ1v) is 25.3.